The van der Waals surface area contributed by atoms with Crippen LogP contribution in [0.15, 0.2) is 12.1 Å². The van der Waals surface area contributed by atoms with Crippen molar-refractivity contribution in [2.75, 3.05) is 13.6 Å². The second-order valence-electron chi connectivity index (χ2n) is 3.33. The summed E-state index contributed by atoms with van der Waals surface area (Å²) < 4.78 is 0. The third-order valence-corrected chi connectivity index (χ3v) is 2.92. The highest BCUT2D eigenvalue weighted by Crippen LogP contribution is 2.15. The average Bonchev–Trinajstić information content (AvgIpc) is 2.50. The average molecular weight is 227 g/mol. The fraction of sp³-hybridized carbons (Fsp3) is 0.400. The molecule has 0 bridgehead atoms. The Kier molecular flexibility index (Phi) is 3.85. The zero-order chi connectivity index (χ0) is 11.4. The molecule has 0 aliphatic heterocycles. The third kappa shape index (κ3) is 3.71. The number of hydrogen-bond acceptors (Lipinski definition) is 3. The summed E-state index contributed by atoms with van der Waals surface area (Å²) in [7, 11) is 1.50. The van der Waals surface area contributed by atoms with Gasteiger partial charge in [0.15, 0.2) is 0 Å². The molecule has 0 atom stereocenters. The molecule has 0 saturated heterocycles. The molecule has 0 fully saturated rings. The van der Waals surface area contributed by atoms with Crippen molar-refractivity contribution >= 4 is 23.2 Å². The molecule has 0 radical (unpaired) electrons. The Morgan fingerprint density at radius 1 is 1.47 bits per heavy atom. The molecule has 1 heterocycles. The lowest BCUT2D eigenvalue weighted by atomic mass is 10.3. The number of aliphatic carboxylic acids is 1. The number of carbonyl (C=O) groups is 2. The van der Waals surface area contributed by atoms with Crippen LogP contribution in [0.3, 0.4) is 0 Å². The maximum atomic E-state index is 11.5. The Morgan fingerprint density at radius 3 is 2.60 bits per heavy atom. The van der Waals surface area contributed by atoms with Gasteiger partial charge in [-0.2, -0.15) is 0 Å². The van der Waals surface area contributed by atoms with Gasteiger partial charge in [-0.05, 0) is 19.1 Å². The van der Waals surface area contributed by atoms with Gasteiger partial charge in [0.05, 0.1) is 6.42 Å². The maximum absolute atomic E-state index is 11.5. The van der Waals surface area contributed by atoms with E-state index in [4.69, 9.17) is 5.11 Å². The van der Waals surface area contributed by atoms with Crippen LogP contribution in [0.25, 0.3) is 0 Å². The summed E-state index contributed by atoms with van der Waals surface area (Å²) in [4.78, 5) is 25.2. The van der Waals surface area contributed by atoms with Crippen LogP contribution < -0.4 is 0 Å². The summed E-state index contributed by atoms with van der Waals surface area (Å²) >= 11 is 1.56. The number of carbonyl (C=O) groups excluding carboxylic acids is 1. The molecule has 5 heteroatoms. The summed E-state index contributed by atoms with van der Waals surface area (Å²) in [6.45, 7) is 1.72. The van der Waals surface area contributed by atoms with E-state index in [2.05, 4.69) is 0 Å². The maximum Gasteiger partial charge on any atom is 0.323 e. The number of amides is 1. The van der Waals surface area contributed by atoms with E-state index >= 15 is 0 Å². The Bertz CT molecular complexity index is 372. The van der Waals surface area contributed by atoms with Gasteiger partial charge >= 0.3 is 5.97 Å². The number of likely N-dealkylation sites (N-methyl/N-ethyl adjacent to an activating group) is 1. The molecular weight excluding hydrogens is 214 g/mol. The first kappa shape index (κ1) is 11.7. The molecule has 0 aromatic carbocycles. The molecule has 0 spiro atoms. The molecule has 4 nitrogen and oxygen atoms in total. The molecule has 1 N–H and O–H groups in total. The summed E-state index contributed by atoms with van der Waals surface area (Å²) in [5.74, 6) is -1.16. The van der Waals surface area contributed by atoms with Crippen LogP contribution in [0.1, 0.15) is 9.75 Å². The van der Waals surface area contributed by atoms with Crippen molar-refractivity contribution in [3.05, 3.63) is 21.9 Å². The van der Waals surface area contributed by atoms with Gasteiger partial charge in [-0.25, -0.2) is 0 Å². The summed E-state index contributed by atoms with van der Waals surface area (Å²) in [5.41, 5.74) is 0. The number of carboxylic acids is 1. The first-order chi connectivity index (χ1) is 6.99. The van der Waals surface area contributed by atoms with E-state index in [0.29, 0.717) is 0 Å². The van der Waals surface area contributed by atoms with Gasteiger partial charge in [-0.3, -0.25) is 9.59 Å². The molecule has 1 aromatic rings. The second kappa shape index (κ2) is 4.93. The fourth-order valence-corrected chi connectivity index (χ4v) is 2.04. The van der Waals surface area contributed by atoms with Crippen LogP contribution in [0.5, 0.6) is 0 Å². The van der Waals surface area contributed by atoms with Crippen molar-refractivity contribution in [1.82, 2.24) is 4.90 Å². The van der Waals surface area contributed by atoms with Crippen molar-refractivity contribution in [3.8, 4) is 0 Å². The van der Waals surface area contributed by atoms with Gasteiger partial charge in [0.1, 0.15) is 6.54 Å². The standard InChI is InChI=1S/C10H13NO3S/c1-7-3-4-8(15-7)5-9(12)11(2)6-10(13)14/h3-4H,5-6H2,1-2H3,(H,13,14). The lowest BCUT2D eigenvalue weighted by Gasteiger charge is -2.13. The van der Waals surface area contributed by atoms with Gasteiger partial charge in [0, 0.05) is 16.8 Å². The second-order valence-corrected chi connectivity index (χ2v) is 4.71. The van der Waals surface area contributed by atoms with E-state index in [1.807, 2.05) is 19.1 Å². The molecule has 1 amide bonds. The Balaban J connectivity index is 2.52. The summed E-state index contributed by atoms with van der Waals surface area (Å²) in [6.07, 6.45) is 0.280. The third-order valence-electron chi connectivity index (χ3n) is 1.92. The van der Waals surface area contributed by atoms with Crippen LogP contribution in [0.4, 0.5) is 0 Å². The molecule has 1 aromatic heterocycles. The Labute approximate surface area is 92.1 Å². The van der Waals surface area contributed by atoms with Crippen molar-refractivity contribution in [3.63, 3.8) is 0 Å². The molecule has 82 valence electrons. The van der Waals surface area contributed by atoms with E-state index in [1.165, 1.54) is 11.9 Å². The summed E-state index contributed by atoms with van der Waals surface area (Å²) in [6, 6.07) is 3.84. The highest BCUT2D eigenvalue weighted by Gasteiger charge is 2.13. The van der Waals surface area contributed by atoms with E-state index in [9.17, 15) is 9.59 Å². The lowest BCUT2D eigenvalue weighted by molar-refractivity contribution is -0.143. The van der Waals surface area contributed by atoms with Crippen LogP contribution in [-0.4, -0.2) is 35.5 Å². The highest BCUT2D eigenvalue weighted by molar-refractivity contribution is 7.12. The van der Waals surface area contributed by atoms with Gasteiger partial charge in [0.25, 0.3) is 0 Å². The topological polar surface area (TPSA) is 57.6 Å². The Hall–Kier alpha value is -1.36. The van der Waals surface area contributed by atoms with E-state index in [1.54, 1.807) is 11.3 Å². The molecule has 0 unspecified atom stereocenters. The van der Waals surface area contributed by atoms with Crippen LogP contribution >= 0.6 is 11.3 Å². The van der Waals surface area contributed by atoms with E-state index < -0.39 is 5.97 Å². The van der Waals surface area contributed by atoms with Crippen molar-refractivity contribution < 1.29 is 14.7 Å². The molecule has 15 heavy (non-hydrogen) atoms. The zero-order valence-corrected chi connectivity index (χ0v) is 9.50. The van der Waals surface area contributed by atoms with Gasteiger partial charge < -0.3 is 10.0 Å². The van der Waals surface area contributed by atoms with Crippen LogP contribution in [-0.2, 0) is 16.0 Å². The fourth-order valence-electron chi connectivity index (χ4n) is 1.16. The predicted molar refractivity (Wildman–Crippen MR) is 58.0 cm³/mol. The van der Waals surface area contributed by atoms with Gasteiger partial charge in [0.2, 0.25) is 5.91 Å². The van der Waals surface area contributed by atoms with E-state index in [-0.39, 0.29) is 18.9 Å². The van der Waals surface area contributed by atoms with Crippen LogP contribution in [0.2, 0.25) is 0 Å². The molecule has 1 rings (SSSR count). The monoisotopic (exact) mass is 227 g/mol. The highest BCUT2D eigenvalue weighted by atomic mass is 32.1. The minimum absolute atomic E-state index is 0.167. The first-order valence-electron chi connectivity index (χ1n) is 4.50. The molecule has 0 aliphatic rings. The zero-order valence-electron chi connectivity index (χ0n) is 8.69. The number of aryl methyl sites for hydroxylation is 1. The van der Waals surface area contributed by atoms with Crippen molar-refractivity contribution in [2.24, 2.45) is 0 Å². The van der Waals surface area contributed by atoms with Crippen LogP contribution in [0, 0.1) is 6.92 Å². The smallest absolute Gasteiger partial charge is 0.323 e. The number of carboxylic acid groups (broad SMARTS) is 1. The normalized spacial score (nSPS) is 10.0. The number of nitrogens with zero attached hydrogens (tertiary/aromatic N) is 1. The first-order valence-corrected chi connectivity index (χ1v) is 5.31. The predicted octanol–water partition coefficient (Wildman–Crippen LogP) is 1.14. The quantitative estimate of drug-likeness (QED) is 0.839. The van der Waals surface area contributed by atoms with Crippen molar-refractivity contribution in [2.45, 2.75) is 13.3 Å². The largest absolute Gasteiger partial charge is 0.480 e. The number of thiophene rings is 1. The van der Waals surface area contributed by atoms with Gasteiger partial charge in [-0.1, -0.05) is 0 Å². The number of rotatable bonds is 4. The minimum Gasteiger partial charge on any atom is -0.480 e. The lowest BCUT2D eigenvalue weighted by Crippen LogP contribution is -2.32. The van der Waals surface area contributed by atoms with E-state index in [0.717, 1.165) is 9.75 Å². The van der Waals surface area contributed by atoms with Crippen molar-refractivity contribution in [1.29, 1.82) is 0 Å². The SMILES string of the molecule is Cc1ccc(CC(=O)N(C)CC(=O)O)s1. The molecule has 0 saturated carbocycles. The molecular formula is C10H13NO3S. The minimum atomic E-state index is -0.992. The molecule has 0 aliphatic carbocycles. The number of hydrogen-bond donors (Lipinski definition) is 1. The summed E-state index contributed by atoms with van der Waals surface area (Å²) in [5, 5.41) is 8.51. The Morgan fingerprint density at radius 2 is 2.13 bits per heavy atom. The van der Waals surface area contributed by atoms with Gasteiger partial charge in [-0.15, -0.1) is 11.3 Å².